The highest BCUT2D eigenvalue weighted by Gasteiger charge is 2.36. The summed E-state index contributed by atoms with van der Waals surface area (Å²) in [5, 5.41) is 9.32. The maximum Gasteiger partial charge on any atom is 0.417 e. The van der Waals surface area contributed by atoms with Gasteiger partial charge >= 0.3 is 6.18 Å². The predicted octanol–water partition coefficient (Wildman–Crippen LogP) is 2.23. The molecule has 1 saturated heterocycles. The summed E-state index contributed by atoms with van der Waals surface area (Å²) >= 11 is 0. The van der Waals surface area contributed by atoms with Crippen molar-refractivity contribution in [3.8, 4) is 0 Å². The molecule has 0 bridgehead atoms. The predicted molar refractivity (Wildman–Crippen MR) is 67.7 cm³/mol. The van der Waals surface area contributed by atoms with Gasteiger partial charge in [-0.05, 0) is 12.0 Å². The number of aliphatic hydroxyl groups is 1. The van der Waals surface area contributed by atoms with Crippen molar-refractivity contribution in [1.82, 2.24) is 4.90 Å². The summed E-state index contributed by atoms with van der Waals surface area (Å²) in [6.45, 7) is 0.353. The summed E-state index contributed by atoms with van der Waals surface area (Å²) in [4.78, 5) is 13.1. The van der Waals surface area contributed by atoms with Crippen molar-refractivity contribution >= 4 is 11.5 Å². The minimum atomic E-state index is -4.60. The van der Waals surface area contributed by atoms with E-state index < -0.39 is 23.8 Å². The molecule has 0 aromatic heterocycles. The van der Waals surface area contributed by atoms with E-state index in [1.54, 1.807) is 6.07 Å². The fraction of sp³-hybridized carbons (Fsp3) is 0.357. The first-order valence-electron chi connectivity index (χ1n) is 6.19. The molecule has 1 atom stereocenters. The SMILES string of the molecule is O=C(C=C(c1ccccc1)C(F)(F)F)N1CC[C@@H](O)C1. The van der Waals surface area contributed by atoms with Crippen LogP contribution in [0.2, 0.25) is 0 Å². The number of carbonyl (C=O) groups is 1. The van der Waals surface area contributed by atoms with E-state index in [1.807, 2.05) is 0 Å². The molecule has 2 rings (SSSR count). The molecule has 0 aliphatic carbocycles. The quantitative estimate of drug-likeness (QED) is 0.846. The second-order valence-corrected chi connectivity index (χ2v) is 4.65. The van der Waals surface area contributed by atoms with E-state index in [1.165, 1.54) is 29.2 Å². The molecule has 1 aromatic rings. The molecule has 0 unspecified atom stereocenters. The van der Waals surface area contributed by atoms with Crippen molar-refractivity contribution in [3.05, 3.63) is 42.0 Å². The van der Waals surface area contributed by atoms with Crippen molar-refractivity contribution in [2.75, 3.05) is 13.1 Å². The van der Waals surface area contributed by atoms with E-state index in [0.717, 1.165) is 0 Å². The lowest BCUT2D eigenvalue weighted by molar-refractivity contribution is -0.125. The number of nitrogens with zero attached hydrogens (tertiary/aromatic N) is 1. The number of halogens is 3. The molecule has 6 heteroatoms. The number of allylic oxidation sites excluding steroid dienone is 1. The average molecular weight is 285 g/mol. The highest BCUT2D eigenvalue weighted by Crippen LogP contribution is 2.33. The van der Waals surface area contributed by atoms with Crippen LogP contribution in [0.1, 0.15) is 12.0 Å². The Morgan fingerprint density at radius 3 is 2.45 bits per heavy atom. The fourth-order valence-corrected chi connectivity index (χ4v) is 2.10. The number of β-amino-alcohol motifs (C(OH)–C–C–N with tert-alkyl or cyclic N) is 1. The first-order valence-corrected chi connectivity index (χ1v) is 6.19. The van der Waals surface area contributed by atoms with Gasteiger partial charge < -0.3 is 10.0 Å². The summed E-state index contributed by atoms with van der Waals surface area (Å²) in [5.41, 5.74) is -1.02. The molecule has 3 nitrogen and oxygen atoms in total. The number of alkyl halides is 3. The van der Waals surface area contributed by atoms with Crippen molar-refractivity contribution in [1.29, 1.82) is 0 Å². The molecule has 1 aliphatic heterocycles. The number of hydrogen-bond acceptors (Lipinski definition) is 2. The molecule has 1 heterocycles. The van der Waals surface area contributed by atoms with Gasteiger partial charge in [-0.25, -0.2) is 0 Å². The second-order valence-electron chi connectivity index (χ2n) is 4.65. The fourth-order valence-electron chi connectivity index (χ4n) is 2.10. The third-order valence-corrected chi connectivity index (χ3v) is 3.13. The molecular formula is C14H14F3NO2. The van der Waals surface area contributed by atoms with Crippen LogP contribution in [0.15, 0.2) is 36.4 Å². The minimum Gasteiger partial charge on any atom is -0.391 e. The van der Waals surface area contributed by atoms with Gasteiger partial charge in [-0.15, -0.1) is 0 Å². The summed E-state index contributed by atoms with van der Waals surface area (Å²) < 4.78 is 39.1. The number of hydrogen-bond donors (Lipinski definition) is 1. The highest BCUT2D eigenvalue weighted by molar-refractivity contribution is 5.96. The van der Waals surface area contributed by atoms with Gasteiger partial charge in [0.15, 0.2) is 0 Å². The monoisotopic (exact) mass is 285 g/mol. The topological polar surface area (TPSA) is 40.5 Å². The molecule has 1 amide bonds. The van der Waals surface area contributed by atoms with E-state index in [0.29, 0.717) is 12.5 Å². The molecule has 1 fully saturated rings. The summed E-state index contributed by atoms with van der Waals surface area (Å²) in [5.74, 6) is -0.724. The van der Waals surface area contributed by atoms with Gasteiger partial charge in [-0.1, -0.05) is 30.3 Å². The van der Waals surface area contributed by atoms with Crippen LogP contribution < -0.4 is 0 Å². The van der Waals surface area contributed by atoms with Gasteiger partial charge in [0.25, 0.3) is 0 Å². The Bertz CT molecular complexity index is 511. The van der Waals surface area contributed by atoms with Crippen molar-refractivity contribution in [2.45, 2.75) is 18.7 Å². The molecule has 1 aliphatic rings. The van der Waals surface area contributed by atoms with E-state index >= 15 is 0 Å². The molecule has 108 valence electrons. The Morgan fingerprint density at radius 2 is 1.95 bits per heavy atom. The maximum absolute atomic E-state index is 13.0. The number of rotatable bonds is 2. The smallest absolute Gasteiger partial charge is 0.391 e. The van der Waals surface area contributed by atoms with Crippen LogP contribution in [-0.2, 0) is 4.79 Å². The third-order valence-electron chi connectivity index (χ3n) is 3.13. The van der Waals surface area contributed by atoms with Gasteiger partial charge in [0, 0.05) is 19.2 Å². The molecule has 1 N–H and O–H groups in total. The van der Waals surface area contributed by atoms with Gasteiger partial charge in [0.1, 0.15) is 0 Å². The molecule has 0 spiro atoms. The highest BCUT2D eigenvalue weighted by atomic mass is 19.4. The first kappa shape index (κ1) is 14.6. The van der Waals surface area contributed by atoms with Gasteiger partial charge in [0.2, 0.25) is 5.91 Å². The summed E-state index contributed by atoms with van der Waals surface area (Å²) in [6.07, 6.45) is -4.26. The standard InChI is InChI=1S/C14H14F3NO2/c15-14(16,17)12(10-4-2-1-3-5-10)8-13(20)18-7-6-11(19)9-18/h1-5,8,11,19H,6-7,9H2/t11-/m1/s1. The number of amides is 1. The minimum absolute atomic E-state index is 0.0481. The number of benzene rings is 1. The van der Waals surface area contributed by atoms with Crippen LogP contribution in [0.25, 0.3) is 5.57 Å². The van der Waals surface area contributed by atoms with Crippen molar-refractivity contribution in [2.24, 2.45) is 0 Å². The number of likely N-dealkylation sites (tertiary alicyclic amines) is 1. The van der Waals surface area contributed by atoms with E-state index in [9.17, 15) is 23.1 Å². The zero-order valence-corrected chi connectivity index (χ0v) is 10.6. The van der Waals surface area contributed by atoms with Gasteiger partial charge in [-0.2, -0.15) is 13.2 Å². The molecule has 0 saturated carbocycles. The third kappa shape index (κ3) is 3.39. The Morgan fingerprint density at radius 1 is 1.30 bits per heavy atom. The van der Waals surface area contributed by atoms with E-state index in [4.69, 9.17) is 0 Å². The summed E-state index contributed by atoms with van der Waals surface area (Å²) in [7, 11) is 0. The maximum atomic E-state index is 13.0. The number of carbonyl (C=O) groups excluding carboxylic acids is 1. The molecule has 20 heavy (non-hydrogen) atoms. The van der Waals surface area contributed by atoms with E-state index in [2.05, 4.69) is 0 Å². The van der Waals surface area contributed by atoms with Crippen LogP contribution in [0.5, 0.6) is 0 Å². The van der Waals surface area contributed by atoms with Crippen LogP contribution in [0.4, 0.5) is 13.2 Å². The zero-order chi connectivity index (χ0) is 14.8. The Balaban J connectivity index is 2.28. The second kappa shape index (κ2) is 5.66. The van der Waals surface area contributed by atoms with Crippen molar-refractivity contribution in [3.63, 3.8) is 0 Å². The zero-order valence-electron chi connectivity index (χ0n) is 10.6. The lowest BCUT2D eigenvalue weighted by Gasteiger charge is -2.16. The van der Waals surface area contributed by atoms with Gasteiger partial charge in [-0.3, -0.25) is 4.79 Å². The average Bonchev–Trinajstić information content (AvgIpc) is 2.82. The van der Waals surface area contributed by atoms with Crippen LogP contribution >= 0.6 is 0 Å². The lowest BCUT2D eigenvalue weighted by atomic mass is 10.0. The first-order chi connectivity index (χ1) is 9.38. The Hall–Kier alpha value is -1.82. The Labute approximate surface area is 114 Å². The number of aliphatic hydroxyl groups excluding tert-OH is 1. The van der Waals surface area contributed by atoms with Gasteiger partial charge in [0.05, 0.1) is 11.7 Å². The van der Waals surface area contributed by atoms with Crippen LogP contribution in [0, 0.1) is 0 Å². The normalized spacial score (nSPS) is 20.3. The van der Waals surface area contributed by atoms with Crippen LogP contribution in [-0.4, -0.2) is 41.3 Å². The van der Waals surface area contributed by atoms with Crippen molar-refractivity contribution < 1.29 is 23.1 Å². The largest absolute Gasteiger partial charge is 0.417 e. The molecule has 0 radical (unpaired) electrons. The molecule has 1 aromatic carbocycles. The Kier molecular flexibility index (Phi) is 4.13. The van der Waals surface area contributed by atoms with Crippen LogP contribution in [0.3, 0.4) is 0 Å². The molecular weight excluding hydrogens is 271 g/mol. The van der Waals surface area contributed by atoms with E-state index in [-0.39, 0.29) is 18.7 Å². The summed E-state index contributed by atoms with van der Waals surface area (Å²) in [6, 6.07) is 7.20. The lowest BCUT2D eigenvalue weighted by Crippen LogP contribution is -2.29.